The van der Waals surface area contributed by atoms with Gasteiger partial charge in [0.15, 0.2) is 6.10 Å². The number of unbranched alkanes of at least 4 members (excludes halogenated alkanes) is 13. The van der Waals surface area contributed by atoms with Gasteiger partial charge in [-0.1, -0.05) is 150 Å². The summed E-state index contributed by atoms with van der Waals surface area (Å²) in [7, 11) is -4.64. The molecular weight excluding hydrogens is 767 g/mol. The number of phosphoric ester groups is 1. The monoisotopic (exact) mass is 849 g/mol. The van der Waals surface area contributed by atoms with Gasteiger partial charge in [-0.05, 0) is 89.9 Å². The Hall–Kier alpha value is -2.85. The van der Waals surface area contributed by atoms with E-state index in [2.05, 4.69) is 103 Å². The second-order valence-corrected chi connectivity index (χ2v) is 16.1. The molecule has 0 aromatic carbocycles. The number of phosphoric acid groups is 1. The molecule has 3 atom stereocenters. The molecule has 0 aromatic heterocycles. The van der Waals surface area contributed by atoms with Crippen molar-refractivity contribution in [2.45, 2.75) is 180 Å². The van der Waals surface area contributed by atoms with Gasteiger partial charge in [0.25, 0.3) is 0 Å². The van der Waals surface area contributed by atoms with Crippen LogP contribution in [0.25, 0.3) is 0 Å². The van der Waals surface area contributed by atoms with Crippen molar-refractivity contribution in [3.8, 4) is 0 Å². The van der Waals surface area contributed by atoms with Crippen LogP contribution in [0.15, 0.2) is 85.1 Å². The van der Waals surface area contributed by atoms with Crippen LogP contribution in [-0.4, -0.2) is 65.7 Å². The quantitative estimate of drug-likeness (QED) is 0.0235. The van der Waals surface area contributed by atoms with E-state index in [1.54, 1.807) is 0 Å². The molecule has 0 rings (SSSR count). The molecule has 0 spiro atoms. The first-order valence-corrected chi connectivity index (χ1v) is 24.0. The lowest BCUT2D eigenvalue weighted by Gasteiger charge is -2.20. The molecule has 0 amide bonds. The van der Waals surface area contributed by atoms with Crippen molar-refractivity contribution in [3.63, 3.8) is 0 Å². The van der Waals surface area contributed by atoms with E-state index in [4.69, 9.17) is 19.1 Å². The van der Waals surface area contributed by atoms with Crippen LogP contribution in [0.4, 0.5) is 0 Å². The highest BCUT2D eigenvalue weighted by Gasteiger charge is 2.27. The zero-order valence-electron chi connectivity index (χ0n) is 36.7. The van der Waals surface area contributed by atoms with E-state index >= 15 is 0 Å². The van der Waals surface area contributed by atoms with Gasteiger partial charge in [-0.25, -0.2) is 4.57 Å². The number of ether oxygens (including phenoxy) is 2. The Kier molecular flexibility index (Phi) is 41.2. The minimum Gasteiger partial charge on any atom is -0.462 e. The molecule has 0 radical (unpaired) electrons. The average molecular weight is 849 g/mol. The standard InChI is InChI=1S/C48H81O10P/c1-3-5-7-9-11-13-15-17-19-21-22-24-26-28-30-32-34-36-38-40-48(52)58-46(44-57-59(53,54)56-42-45(50)41-49)43-55-47(51)39-37-35-33-31-29-27-25-23-20-18-16-14-12-10-8-6-4-2/h5,7,11-14,17-20,22,24,28,30,45-46,49-50H,3-4,6,8-10,15-16,21,23,25-27,29,31-44H2,1-2H3,(H,53,54)/b7-5+,13-11+,14-12+,19-17+,20-18+,24-22+,30-28+/t45-,46+/m0/s1. The molecule has 59 heavy (non-hydrogen) atoms. The van der Waals surface area contributed by atoms with Crippen molar-refractivity contribution in [2.24, 2.45) is 0 Å². The maximum atomic E-state index is 12.6. The normalized spacial score (nSPS) is 14.6. The van der Waals surface area contributed by atoms with Crippen molar-refractivity contribution in [1.82, 2.24) is 0 Å². The lowest BCUT2D eigenvalue weighted by Crippen LogP contribution is -2.29. The topological polar surface area (TPSA) is 149 Å². The maximum absolute atomic E-state index is 12.6. The van der Waals surface area contributed by atoms with Crippen LogP contribution in [0, 0.1) is 0 Å². The number of aliphatic hydroxyl groups excluding tert-OH is 2. The first kappa shape index (κ1) is 56.1. The van der Waals surface area contributed by atoms with Gasteiger partial charge in [0, 0.05) is 12.8 Å². The summed E-state index contributed by atoms with van der Waals surface area (Å²) in [4.78, 5) is 35.0. The Bertz CT molecular complexity index is 1250. The molecule has 0 heterocycles. The maximum Gasteiger partial charge on any atom is 0.472 e. The third-order valence-corrected chi connectivity index (χ3v) is 9.98. The molecule has 0 bridgehead atoms. The van der Waals surface area contributed by atoms with Crippen LogP contribution in [0.2, 0.25) is 0 Å². The fourth-order valence-corrected chi connectivity index (χ4v) is 6.37. The number of rotatable bonds is 41. The number of hydrogen-bond donors (Lipinski definition) is 3. The predicted molar refractivity (Wildman–Crippen MR) is 242 cm³/mol. The zero-order chi connectivity index (χ0) is 43.3. The van der Waals surface area contributed by atoms with Gasteiger partial charge >= 0.3 is 19.8 Å². The van der Waals surface area contributed by atoms with Crippen molar-refractivity contribution in [1.29, 1.82) is 0 Å². The number of allylic oxidation sites excluding steroid dienone is 14. The largest absolute Gasteiger partial charge is 0.472 e. The molecule has 338 valence electrons. The molecule has 0 aliphatic carbocycles. The van der Waals surface area contributed by atoms with Gasteiger partial charge in [0.05, 0.1) is 19.8 Å². The number of hydrogen-bond acceptors (Lipinski definition) is 9. The first-order valence-electron chi connectivity index (χ1n) is 22.5. The van der Waals surface area contributed by atoms with E-state index in [-0.39, 0.29) is 19.4 Å². The number of esters is 2. The summed E-state index contributed by atoms with van der Waals surface area (Å²) in [6.45, 7) is 2.18. The van der Waals surface area contributed by atoms with Gasteiger partial charge in [-0.2, -0.15) is 0 Å². The molecule has 10 nitrogen and oxygen atoms in total. The summed E-state index contributed by atoms with van der Waals surface area (Å²) in [6.07, 6.45) is 51.1. The van der Waals surface area contributed by atoms with E-state index in [1.807, 2.05) is 0 Å². The van der Waals surface area contributed by atoms with Crippen molar-refractivity contribution < 1.29 is 47.8 Å². The summed E-state index contributed by atoms with van der Waals surface area (Å²) in [6, 6.07) is 0. The lowest BCUT2D eigenvalue weighted by molar-refractivity contribution is -0.161. The van der Waals surface area contributed by atoms with E-state index in [0.29, 0.717) is 12.8 Å². The summed E-state index contributed by atoms with van der Waals surface area (Å²) >= 11 is 0. The van der Waals surface area contributed by atoms with Crippen molar-refractivity contribution in [2.75, 3.05) is 26.4 Å². The van der Waals surface area contributed by atoms with E-state index in [1.165, 1.54) is 44.9 Å². The summed E-state index contributed by atoms with van der Waals surface area (Å²) in [5.74, 6) is -0.978. The van der Waals surface area contributed by atoms with Crippen LogP contribution in [0.3, 0.4) is 0 Å². The van der Waals surface area contributed by atoms with Crippen molar-refractivity contribution >= 4 is 19.8 Å². The highest BCUT2D eigenvalue weighted by molar-refractivity contribution is 7.47. The van der Waals surface area contributed by atoms with Gasteiger partial charge in [0.2, 0.25) is 0 Å². The first-order chi connectivity index (χ1) is 28.7. The van der Waals surface area contributed by atoms with Gasteiger partial charge in [0.1, 0.15) is 12.7 Å². The SMILES string of the molecule is CC/C=C/C/C=C/C/C=C/C/C=C/C/C=C/CCCCCC(=O)O[C@H](COC(=O)CCCCCCCCC/C=C/C/C=C/CCCCC)COP(=O)(O)OC[C@@H](O)CO. The molecule has 0 fully saturated rings. The molecule has 1 unspecified atom stereocenters. The van der Waals surface area contributed by atoms with E-state index in [9.17, 15) is 24.2 Å². The highest BCUT2D eigenvalue weighted by atomic mass is 31.2. The number of carbonyl (C=O) groups is 2. The second kappa shape index (κ2) is 43.2. The van der Waals surface area contributed by atoms with Gasteiger partial charge in [-0.15, -0.1) is 0 Å². The van der Waals surface area contributed by atoms with Crippen LogP contribution < -0.4 is 0 Å². The van der Waals surface area contributed by atoms with Crippen LogP contribution in [0.5, 0.6) is 0 Å². The smallest absolute Gasteiger partial charge is 0.462 e. The third-order valence-electron chi connectivity index (χ3n) is 9.03. The number of carbonyl (C=O) groups excluding carboxylic acids is 2. The fraction of sp³-hybridized carbons (Fsp3) is 0.667. The Morgan fingerprint density at radius 3 is 1.42 bits per heavy atom. The number of aliphatic hydroxyl groups is 2. The average Bonchev–Trinajstić information content (AvgIpc) is 3.22. The second-order valence-electron chi connectivity index (χ2n) is 14.7. The zero-order valence-corrected chi connectivity index (χ0v) is 37.6. The summed E-state index contributed by atoms with van der Waals surface area (Å²) in [5.41, 5.74) is 0. The van der Waals surface area contributed by atoms with Crippen LogP contribution in [0.1, 0.15) is 168 Å². The van der Waals surface area contributed by atoms with Crippen LogP contribution >= 0.6 is 7.82 Å². The predicted octanol–water partition coefficient (Wildman–Crippen LogP) is 12.2. The summed E-state index contributed by atoms with van der Waals surface area (Å²) in [5, 5.41) is 18.4. The molecule has 0 aromatic rings. The molecule has 0 aliphatic rings. The summed E-state index contributed by atoms with van der Waals surface area (Å²) < 4.78 is 32.7. The molecule has 11 heteroatoms. The van der Waals surface area contributed by atoms with E-state index < -0.39 is 51.8 Å². The molecular formula is C48H81O10P. The highest BCUT2D eigenvalue weighted by Crippen LogP contribution is 2.43. The van der Waals surface area contributed by atoms with Crippen LogP contribution in [-0.2, 0) is 32.7 Å². The minimum absolute atomic E-state index is 0.139. The Morgan fingerprint density at radius 1 is 0.525 bits per heavy atom. The lowest BCUT2D eigenvalue weighted by atomic mass is 10.1. The Labute approximate surface area is 358 Å². The molecule has 0 saturated carbocycles. The molecule has 3 N–H and O–H groups in total. The third kappa shape index (κ3) is 43.1. The van der Waals surface area contributed by atoms with Gasteiger partial charge in [-0.3, -0.25) is 18.6 Å². The molecule has 0 saturated heterocycles. The minimum atomic E-state index is -4.64. The van der Waals surface area contributed by atoms with E-state index in [0.717, 1.165) is 83.5 Å². The Balaban J connectivity index is 4.37. The fourth-order valence-electron chi connectivity index (χ4n) is 5.58. The Morgan fingerprint density at radius 2 is 0.932 bits per heavy atom. The van der Waals surface area contributed by atoms with Crippen molar-refractivity contribution in [3.05, 3.63) is 85.1 Å². The molecule has 0 aliphatic heterocycles. The van der Waals surface area contributed by atoms with Gasteiger partial charge < -0.3 is 24.6 Å².